The third-order valence-corrected chi connectivity index (χ3v) is 8.74. The van der Waals surface area contributed by atoms with Crippen LogP contribution >= 0.6 is 23.1 Å². The normalized spacial score (nSPS) is 20.6. The maximum Gasteiger partial charge on any atom is 0.490 e. The number of carboxylic acid groups (broad SMARTS) is 2. The number of halogens is 6. The summed E-state index contributed by atoms with van der Waals surface area (Å²) in [6, 6.07) is 3.21. The topological polar surface area (TPSA) is 216 Å². The zero-order valence-corrected chi connectivity index (χ0v) is 25.2. The number of allylic oxidation sites excluding steroid dienone is 1. The zero-order valence-electron chi connectivity index (χ0n) is 23.6. The summed E-state index contributed by atoms with van der Waals surface area (Å²) in [6.45, 7) is 0.0908. The van der Waals surface area contributed by atoms with Gasteiger partial charge < -0.3 is 31.4 Å². The van der Waals surface area contributed by atoms with Crippen LogP contribution in [0.4, 0.5) is 37.2 Å². The van der Waals surface area contributed by atoms with Gasteiger partial charge in [-0.25, -0.2) is 14.6 Å². The molecule has 256 valence electrons. The van der Waals surface area contributed by atoms with Crippen LogP contribution in [0.3, 0.4) is 0 Å². The van der Waals surface area contributed by atoms with Crippen molar-refractivity contribution in [2.75, 3.05) is 22.9 Å². The fraction of sp³-hybridized carbons (Fsp3) is 0.269. The molecule has 0 unspecified atom stereocenters. The molecule has 3 amide bonds. The number of anilines is 2. The Kier molecular flexibility index (Phi) is 10.1. The lowest BCUT2D eigenvalue weighted by atomic mass is 10.0. The molecular weight excluding hydrogens is 702 g/mol. The summed E-state index contributed by atoms with van der Waals surface area (Å²) in [4.78, 5) is 65.8. The van der Waals surface area contributed by atoms with Crippen molar-refractivity contribution in [3.8, 4) is 0 Å². The first-order valence-corrected chi connectivity index (χ1v) is 14.9. The molecule has 22 heteroatoms. The Morgan fingerprint density at radius 1 is 1.12 bits per heavy atom. The van der Waals surface area contributed by atoms with E-state index >= 15 is 0 Å². The van der Waals surface area contributed by atoms with Crippen LogP contribution in [0.25, 0.3) is 0 Å². The molecule has 0 spiro atoms. The highest BCUT2D eigenvalue weighted by atomic mass is 32.2. The smallest absolute Gasteiger partial charge is 0.477 e. The van der Waals surface area contributed by atoms with Gasteiger partial charge in [-0.2, -0.15) is 26.3 Å². The molecular formula is C26H20F6N6O8S2. The van der Waals surface area contributed by atoms with Crippen molar-refractivity contribution in [2.24, 2.45) is 5.16 Å². The number of aromatic nitrogens is 1. The Bertz CT molecular complexity index is 1770. The lowest BCUT2D eigenvalue weighted by Gasteiger charge is -2.49. The summed E-state index contributed by atoms with van der Waals surface area (Å²) in [5.41, 5.74) is 4.19. The van der Waals surface area contributed by atoms with E-state index in [1.807, 2.05) is 0 Å². The number of nitrogens with zero attached hydrogens (tertiary/aromatic N) is 4. The summed E-state index contributed by atoms with van der Waals surface area (Å²) in [5.74, 6) is -6.36. The number of hydrogen-bond acceptors (Lipinski definition) is 11. The molecule has 1 aromatic carbocycles. The third-order valence-electron chi connectivity index (χ3n) is 6.77. The lowest BCUT2D eigenvalue weighted by molar-refractivity contribution is -0.192. The lowest BCUT2D eigenvalue weighted by Crippen LogP contribution is -2.71. The molecule has 3 aliphatic heterocycles. The number of fused-ring (bicyclic) bond motifs is 1. The highest BCUT2D eigenvalue weighted by molar-refractivity contribution is 8.00. The van der Waals surface area contributed by atoms with Gasteiger partial charge in [-0.3, -0.25) is 19.3 Å². The molecule has 14 nitrogen and oxygen atoms in total. The Morgan fingerprint density at radius 2 is 1.79 bits per heavy atom. The predicted octanol–water partition coefficient (Wildman–Crippen LogP) is 2.66. The minimum absolute atomic E-state index is 0.00661. The molecule has 2 fully saturated rings. The quantitative estimate of drug-likeness (QED) is 0.0730. The monoisotopic (exact) mass is 722 g/mol. The van der Waals surface area contributed by atoms with E-state index in [0.29, 0.717) is 0 Å². The summed E-state index contributed by atoms with van der Waals surface area (Å²) in [5, 5.41) is 32.4. The average molecular weight is 723 g/mol. The van der Waals surface area contributed by atoms with E-state index in [0.717, 1.165) is 40.1 Å². The first-order valence-electron chi connectivity index (χ1n) is 13.0. The molecule has 6 N–H and O–H groups in total. The number of hydrogen-bond donors (Lipinski definition) is 5. The van der Waals surface area contributed by atoms with Gasteiger partial charge in [-0.1, -0.05) is 11.2 Å². The zero-order chi connectivity index (χ0) is 35.7. The molecule has 3 aliphatic rings. The molecule has 5 rings (SSSR count). The van der Waals surface area contributed by atoms with E-state index in [-0.39, 0.29) is 52.1 Å². The number of oxime groups is 1. The fourth-order valence-electron chi connectivity index (χ4n) is 4.63. The molecule has 0 radical (unpaired) electrons. The molecule has 0 aliphatic carbocycles. The molecule has 0 saturated carbocycles. The number of amides is 3. The van der Waals surface area contributed by atoms with Crippen LogP contribution in [0.15, 0.2) is 57.7 Å². The highest BCUT2D eigenvalue weighted by Crippen LogP contribution is 2.42. The van der Waals surface area contributed by atoms with Crippen LogP contribution in [0.1, 0.15) is 17.7 Å². The molecule has 2 atom stereocenters. The number of aliphatic carboxylic acids is 2. The number of β-lactam (4-membered cyclic amide) rings is 1. The van der Waals surface area contributed by atoms with E-state index in [4.69, 9.17) is 15.6 Å². The molecule has 2 saturated heterocycles. The number of rotatable bonds is 6. The Balaban J connectivity index is 0.000000671. The van der Waals surface area contributed by atoms with E-state index < -0.39 is 64.7 Å². The van der Waals surface area contributed by atoms with Crippen LogP contribution in [0.5, 0.6) is 0 Å². The number of carboxylic acids is 2. The maximum absolute atomic E-state index is 13.1. The number of carbonyl (C=O) groups excluding carboxylic acids is 3. The van der Waals surface area contributed by atoms with Gasteiger partial charge in [0, 0.05) is 28.9 Å². The van der Waals surface area contributed by atoms with Gasteiger partial charge in [0.15, 0.2) is 10.8 Å². The SMILES string of the molecule is Nc1nc(C(=NO)C(=O)N[C@@H]2C(=O)N3C(C(=O)O)=C(C=C4CCN(c5cccc(C(F)(F)F)c5)C4=O)CS[C@H]23)cs1.O=C(O)C(F)(F)F. The Labute approximate surface area is 272 Å². The van der Waals surface area contributed by atoms with Crippen LogP contribution in [-0.2, 0) is 30.1 Å². The first-order chi connectivity index (χ1) is 22.3. The van der Waals surface area contributed by atoms with Crippen molar-refractivity contribution >= 4 is 69.3 Å². The largest absolute Gasteiger partial charge is 0.490 e. The standard InChI is InChI=1S/C24H19F3N6O6S2.C2HF3O2/c25-24(26,27)12-2-1-3-13(7-12)32-5-4-10(19(32)35)6-11-8-40-21-16(20(36)33(21)17(11)22(37)38)30-18(34)15(31-39)14-9-41-23(28)29-14;3-2(4,5)1(6)7/h1-3,6-7,9,16,21,39H,4-5,8H2,(H2,28,29)(H,30,34)(H,37,38);(H,6,7)/t16-,21-;/m1./s1. The van der Waals surface area contributed by atoms with Crippen molar-refractivity contribution in [3.05, 3.63) is 63.8 Å². The summed E-state index contributed by atoms with van der Waals surface area (Å²) < 4.78 is 71.1. The third kappa shape index (κ3) is 7.38. The number of nitrogens with two attached hydrogens (primary N) is 1. The number of nitrogen functional groups attached to an aromatic ring is 1. The average Bonchev–Trinajstić information content (AvgIpc) is 3.60. The Morgan fingerprint density at radius 3 is 2.33 bits per heavy atom. The van der Waals surface area contributed by atoms with Crippen LogP contribution in [0, 0.1) is 0 Å². The van der Waals surface area contributed by atoms with Crippen molar-refractivity contribution in [3.63, 3.8) is 0 Å². The van der Waals surface area contributed by atoms with Gasteiger partial charge in [0.1, 0.15) is 22.8 Å². The number of thioether (sulfide) groups is 1. The molecule has 1 aromatic heterocycles. The van der Waals surface area contributed by atoms with Crippen molar-refractivity contribution in [1.29, 1.82) is 0 Å². The van der Waals surface area contributed by atoms with Crippen molar-refractivity contribution in [2.45, 2.75) is 30.2 Å². The van der Waals surface area contributed by atoms with Gasteiger partial charge in [-0.05, 0) is 36.3 Å². The second kappa shape index (κ2) is 13.5. The minimum atomic E-state index is -5.08. The number of benzene rings is 1. The molecule has 0 bridgehead atoms. The van der Waals surface area contributed by atoms with E-state index in [1.54, 1.807) is 0 Å². The molecule has 4 heterocycles. The van der Waals surface area contributed by atoms with Crippen LogP contribution in [0.2, 0.25) is 0 Å². The Hall–Kier alpha value is -5.12. The van der Waals surface area contributed by atoms with E-state index in [2.05, 4.69) is 15.5 Å². The van der Waals surface area contributed by atoms with Crippen LogP contribution in [-0.4, -0.2) is 90.6 Å². The summed E-state index contributed by atoms with van der Waals surface area (Å²) >= 11 is 2.15. The summed E-state index contributed by atoms with van der Waals surface area (Å²) in [7, 11) is 0. The van der Waals surface area contributed by atoms with Gasteiger partial charge >= 0.3 is 24.3 Å². The van der Waals surface area contributed by atoms with Crippen molar-refractivity contribution < 1.29 is 65.7 Å². The number of nitrogens with one attached hydrogen (secondary N) is 1. The second-order valence-electron chi connectivity index (χ2n) is 9.79. The van der Waals surface area contributed by atoms with Gasteiger partial charge in [0.25, 0.3) is 17.7 Å². The molecule has 48 heavy (non-hydrogen) atoms. The predicted molar refractivity (Wildman–Crippen MR) is 155 cm³/mol. The number of carbonyl (C=O) groups is 5. The van der Waals surface area contributed by atoms with E-state index in [9.17, 15) is 55.8 Å². The first kappa shape index (κ1) is 35.7. The van der Waals surface area contributed by atoms with Crippen LogP contribution < -0.4 is 16.0 Å². The number of alkyl halides is 6. The maximum atomic E-state index is 13.1. The minimum Gasteiger partial charge on any atom is -0.477 e. The number of thiazole rings is 1. The van der Waals surface area contributed by atoms with Gasteiger partial charge in [0.2, 0.25) is 0 Å². The van der Waals surface area contributed by atoms with E-state index in [1.165, 1.54) is 28.5 Å². The van der Waals surface area contributed by atoms with Gasteiger partial charge in [-0.15, -0.1) is 23.1 Å². The highest BCUT2D eigenvalue weighted by Gasteiger charge is 2.54. The van der Waals surface area contributed by atoms with Gasteiger partial charge in [0.05, 0.1) is 5.56 Å². The van der Waals surface area contributed by atoms with Crippen molar-refractivity contribution in [1.82, 2.24) is 15.2 Å². The summed E-state index contributed by atoms with van der Waals surface area (Å²) in [6.07, 6.45) is -8.17. The molecule has 2 aromatic rings. The second-order valence-corrected chi connectivity index (χ2v) is 11.8. The fourth-order valence-corrected chi connectivity index (χ4v) is 6.48.